The largest absolute Gasteiger partial charge is 0.478 e. The minimum absolute atomic E-state index is 0.162. The lowest BCUT2D eigenvalue weighted by Gasteiger charge is -2.07. The van der Waals surface area contributed by atoms with Gasteiger partial charge in [-0.05, 0) is 18.2 Å². The molecule has 0 aliphatic carbocycles. The van der Waals surface area contributed by atoms with Gasteiger partial charge in [0.1, 0.15) is 0 Å². The Kier molecular flexibility index (Phi) is 2.82. The molecule has 1 aromatic rings. The first-order chi connectivity index (χ1) is 6.79. The van der Waals surface area contributed by atoms with Gasteiger partial charge in [0, 0.05) is 5.69 Å². The van der Waals surface area contributed by atoms with E-state index in [1.807, 2.05) is 4.72 Å². The fourth-order valence-corrected chi connectivity index (χ4v) is 1.46. The molecule has 15 heavy (non-hydrogen) atoms. The first-order valence-electron chi connectivity index (χ1n) is 3.73. The smallest absolute Gasteiger partial charge is 0.337 e. The monoisotopic (exact) mass is 231 g/mol. The summed E-state index contributed by atoms with van der Waals surface area (Å²) in [6.45, 7) is 0. The maximum atomic E-state index is 10.7. The van der Waals surface area contributed by atoms with Gasteiger partial charge in [-0.25, -0.2) is 9.93 Å². The Morgan fingerprint density at radius 2 is 2.00 bits per heavy atom. The predicted molar refractivity (Wildman–Crippen MR) is 54.5 cm³/mol. The van der Waals surface area contributed by atoms with Crippen LogP contribution in [-0.2, 0) is 10.2 Å². The van der Waals surface area contributed by atoms with Crippen LogP contribution in [0.5, 0.6) is 0 Å². The summed E-state index contributed by atoms with van der Waals surface area (Å²) in [5.41, 5.74) is 5.22. The van der Waals surface area contributed by atoms with E-state index < -0.39 is 16.2 Å². The van der Waals surface area contributed by atoms with Crippen molar-refractivity contribution in [3.8, 4) is 0 Å². The predicted octanol–water partition coefficient (Wildman–Crippen LogP) is -0.418. The van der Waals surface area contributed by atoms with Gasteiger partial charge in [-0.1, -0.05) is 0 Å². The van der Waals surface area contributed by atoms with Crippen LogP contribution in [-0.4, -0.2) is 19.5 Å². The average molecular weight is 231 g/mol. The second kappa shape index (κ2) is 3.75. The number of nitrogen functional groups attached to an aromatic ring is 1. The summed E-state index contributed by atoms with van der Waals surface area (Å²) in [4.78, 5) is 10.7. The molecule has 0 amide bonds. The highest BCUT2D eigenvalue weighted by atomic mass is 32.2. The van der Waals surface area contributed by atoms with Crippen LogP contribution < -0.4 is 15.6 Å². The van der Waals surface area contributed by atoms with Crippen LogP contribution in [0.2, 0.25) is 0 Å². The highest BCUT2D eigenvalue weighted by Gasteiger charge is 2.13. The van der Waals surface area contributed by atoms with Gasteiger partial charge >= 0.3 is 5.97 Å². The van der Waals surface area contributed by atoms with E-state index in [4.69, 9.17) is 16.0 Å². The van der Waals surface area contributed by atoms with Crippen molar-refractivity contribution in [2.75, 3.05) is 10.5 Å². The average Bonchev–Trinajstić information content (AvgIpc) is 1.99. The number of nitrogens with two attached hydrogens (primary N) is 2. The summed E-state index contributed by atoms with van der Waals surface area (Å²) in [6.07, 6.45) is 0. The molecule has 7 nitrogen and oxygen atoms in total. The molecule has 0 saturated heterocycles. The van der Waals surface area contributed by atoms with Crippen molar-refractivity contribution < 1.29 is 18.3 Å². The van der Waals surface area contributed by atoms with E-state index in [-0.39, 0.29) is 16.9 Å². The molecule has 0 aliphatic heterocycles. The molecule has 6 N–H and O–H groups in total. The molecule has 0 spiro atoms. The first-order valence-corrected chi connectivity index (χ1v) is 5.27. The highest BCUT2D eigenvalue weighted by Crippen LogP contribution is 2.19. The molecule has 0 radical (unpaired) electrons. The number of carboxylic acid groups (broad SMARTS) is 1. The number of carboxylic acids is 1. The van der Waals surface area contributed by atoms with Gasteiger partial charge in [0.25, 0.3) is 10.2 Å². The maximum absolute atomic E-state index is 10.7. The molecule has 1 rings (SSSR count). The van der Waals surface area contributed by atoms with Gasteiger partial charge in [-0.15, -0.1) is 0 Å². The number of benzene rings is 1. The topological polar surface area (TPSA) is 136 Å². The molecule has 0 fully saturated rings. The number of aromatic carboxylic acids is 1. The fourth-order valence-electron chi connectivity index (χ4n) is 0.986. The number of anilines is 2. The van der Waals surface area contributed by atoms with Crippen molar-refractivity contribution in [1.29, 1.82) is 0 Å². The number of nitrogens with one attached hydrogen (secondary N) is 1. The molecule has 0 atom stereocenters. The molecule has 0 aliphatic rings. The van der Waals surface area contributed by atoms with Crippen molar-refractivity contribution in [2.45, 2.75) is 0 Å². The first kappa shape index (κ1) is 11.3. The second-order valence-electron chi connectivity index (χ2n) is 2.76. The zero-order valence-corrected chi connectivity index (χ0v) is 8.28. The molecule has 8 heteroatoms. The van der Waals surface area contributed by atoms with E-state index in [1.54, 1.807) is 0 Å². The van der Waals surface area contributed by atoms with Gasteiger partial charge in [0.15, 0.2) is 0 Å². The van der Waals surface area contributed by atoms with Crippen LogP contribution in [0.3, 0.4) is 0 Å². The minimum atomic E-state index is -4.02. The van der Waals surface area contributed by atoms with Crippen LogP contribution >= 0.6 is 0 Å². The standard InChI is InChI=1S/C7H9N3O4S/c8-4-1-2-5(7(11)12)6(3-4)10-15(9,13)14/h1-3,10H,8H2,(H,11,12)(H2,9,13,14). The third-order valence-electron chi connectivity index (χ3n) is 1.53. The van der Waals surface area contributed by atoms with Crippen LogP contribution in [0.4, 0.5) is 11.4 Å². The zero-order valence-electron chi connectivity index (χ0n) is 7.47. The molecular formula is C7H9N3O4S. The second-order valence-corrected chi connectivity index (χ2v) is 4.05. The summed E-state index contributed by atoms with van der Waals surface area (Å²) in [6, 6.07) is 3.71. The highest BCUT2D eigenvalue weighted by molar-refractivity contribution is 7.90. The van der Waals surface area contributed by atoms with Gasteiger partial charge in [0.2, 0.25) is 0 Å². The van der Waals surface area contributed by atoms with Crippen molar-refractivity contribution in [1.82, 2.24) is 0 Å². The molecule has 0 bridgehead atoms. The van der Waals surface area contributed by atoms with E-state index in [9.17, 15) is 13.2 Å². The quantitative estimate of drug-likeness (QED) is 0.524. The minimum Gasteiger partial charge on any atom is -0.478 e. The van der Waals surface area contributed by atoms with Gasteiger partial charge in [-0.2, -0.15) is 8.42 Å². The van der Waals surface area contributed by atoms with Crippen molar-refractivity contribution in [2.24, 2.45) is 5.14 Å². The third-order valence-corrected chi connectivity index (χ3v) is 2.03. The molecular weight excluding hydrogens is 222 g/mol. The van der Waals surface area contributed by atoms with Gasteiger partial charge in [0.05, 0.1) is 11.3 Å². The Morgan fingerprint density at radius 3 is 2.47 bits per heavy atom. The lowest BCUT2D eigenvalue weighted by atomic mass is 10.1. The Bertz CT molecular complexity index is 497. The summed E-state index contributed by atoms with van der Waals surface area (Å²) in [7, 11) is -4.02. The maximum Gasteiger partial charge on any atom is 0.337 e. The Labute approximate surface area is 85.9 Å². The normalized spacial score (nSPS) is 11.0. The molecule has 82 valence electrons. The zero-order chi connectivity index (χ0) is 11.6. The molecule has 0 aromatic heterocycles. The van der Waals surface area contributed by atoms with Crippen molar-refractivity contribution in [3.63, 3.8) is 0 Å². The van der Waals surface area contributed by atoms with E-state index in [0.717, 1.165) is 0 Å². The van der Waals surface area contributed by atoms with E-state index in [0.29, 0.717) is 0 Å². The number of carbonyl (C=O) groups is 1. The molecule has 0 heterocycles. The van der Waals surface area contributed by atoms with Crippen LogP contribution in [0.25, 0.3) is 0 Å². The van der Waals surface area contributed by atoms with Crippen molar-refractivity contribution >= 4 is 27.6 Å². The summed E-state index contributed by atoms with van der Waals surface area (Å²) < 4.78 is 23.3. The van der Waals surface area contributed by atoms with Crippen LogP contribution in [0, 0.1) is 0 Å². The van der Waals surface area contributed by atoms with E-state index in [1.165, 1.54) is 18.2 Å². The summed E-state index contributed by atoms with van der Waals surface area (Å²) in [5, 5.41) is 13.5. The Hall–Kier alpha value is -1.80. The van der Waals surface area contributed by atoms with E-state index in [2.05, 4.69) is 0 Å². The van der Waals surface area contributed by atoms with Crippen LogP contribution in [0.15, 0.2) is 18.2 Å². The molecule has 1 aromatic carbocycles. The number of hydrogen-bond acceptors (Lipinski definition) is 4. The van der Waals surface area contributed by atoms with Gasteiger partial charge < -0.3 is 10.8 Å². The summed E-state index contributed by atoms with van der Waals surface area (Å²) >= 11 is 0. The number of hydrogen-bond donors (Lipinski definition) is 4. The lowest BCUT2D eigenvalue weighted by molar-refractivity contribution is 0.0698. The molecule has 0 saturated carbocycles. The van der Waals surface area contributed by atoms with Crippen molar-refractivity contribution in [3.05, 3.63) is 23.8 Å². The van der Waals surface area contributed by atoms with Crippen LogP contribution in [0.1, 0.15) is 10.4 Å². The van der Waals surface area contributed by atoms with E-state index >= 15 is 0 Å². The third kappa shape index (κ3) is 3.11. The fraction of sp³-hybridized carbons (Fsp3) is 0. The Morgan fingerprint density at radius 1 is 1.40 bits per heavy atom. The Balaban J connectivity index is 3.25. The van der Waals surface area contributed by atoms with Gasteiger partial charge in [-0.3, -0.25) is 4.72 Å². The lowest BCUT2D eigenvalue weighted by Crippen LogP contribution is -2.23. The molecule has 0 unspecified atom stereocenters. The SMILES string of the molecule is Nc1ccc(C(=O)O)c(NS(N)(=O)=O)c1. The summed E-state index contributed by atoms with van der Waals surface area (Å²) in [5.74, 6) is -1.28. The number of rotatable bonds is 3.